The second kappa shape index (κ2) is 7.64. The summed E-state index contributed by atoms with van der Waals surface area (Å²) in [6.45, 7) is 4.30. The van der Waals surface area contributed by atoms with Crippen molar-refractivity contribution in [3.63, 3.8) is 0 Å². The van der Waals surface area contributed by atoms with E-state index < -0.39 is 0 Å². The van der Waals surface area contributed by atoms with Crippen LogP contribution in [0.4, 0.5) is 0 Å². The van der Waals surface area contributed by atoms with Crippen LogP contribution in [0.1, 0.15) is 37.6 Å². The number of para-hydroxylation sites is 2. The van der Waals surface area contributed by atoms with Gasteiger partial charge >= 0.3 is 0 Å². The van der Waals surface area contributed by atoms with Crippen molar-refractivity contribution in [3.05, 3.63) is 66.3 Å². The molecule has 28 heavy (non-hydrogen) atoms. The molecule has 0 atom stereocenters. The summed E-state index contributed by atoms with van der Waals surface area (Å²) in [6.07, 6.45) is 2.20. The van der Waals surface area contributed by atoms with Crippen molar-refractivity contribution in [2.75, 3.05) is 5.43 Å². The van der Waals surface area contributed by atoms with E-state index >= 15 is 0 Å². The van der Waals surface area contributed by atoms with Gasteiger partial charge in [-0.1, -0.05) is 55.4 Å². The largest absolute Gasteiger partial charge is 0.339 e. The highest BCUT2D eigenvalue weighted by Crippen LogP contribution is 2.20. The number of nitrogens with one attached hydrogen (secondary N) is 1. The molecule has 1 N–H and O–H groups in total. The fourth-order valence-corrected chi connectivity index (χ4v) is 2.95. The molecule has 142 valence electrons. The maximum absolute atomic E-state index is 12.3. The highest BCUT2D eigenvalue weighted by atomic mass is 16.5. The van der Waals surface area contributed by atoms with Crippen molar-refractivity contribution in [2.45, 2.75) is 32.6 Å². The molecule has 0 bridgehead atoms. The van der Waals surface area contributed by atoms with Gasteiger partial charge in [0.1, 0.15) is 6.33 Å². The highest BCUT2D eigenvalue weighted by molar-refractivity contribution is 5.86. The topological polar surface area (TPSA) is 85.8 Å². The second-order valence-corrected chi connectivity index (χ2v) is 6.93. The van der Waals surface area contributed by atoms with E-state index in [1.807, 2.05) is 36.4 Å². The first-order chi connectivity index (χ1) is 13.6. The first-order valence-corrected chi connectivity index (χ1v) is 9.25. The van der Waals surface area contributed by atoms with Crippen LogP contribution in [0.3, 0.4) is 0 Å². The Balaban J connectivity index is 1.37. The molecule has 2 aromatic carbocycles. The number of hydrogen-bond acceptors (Lipinski definition) is 5. The van der Waals surface area contributed by atoms with Gasteiger partial charge in [-0.3, -0.25) is 10.2 Å². The average Bonchev–Trinajstić information content (AvgIpc) is 3.34. The van der Waals surface area contributed by atoms with Crippen LogP contribution in [0.5, 0.6) is 0 Å². The van der Waals surface area contributed by atoms with Gasteiger partial charge in [-0.2, -0.15) is 4.98 Å². The molecule has 2 heterocycles. The summed E-state index contributed by atoms with van der Waals surface area (Å²) < 4.78 is 6.91. The lowest BCUT2D eigenvalue weighted by atomic mass is 10.0. The molecule has 0 aliphatic heterocycles. The molecule has 0 radical (unpaired) electrons. The van der Waals surface area contributed by atoms with Gasteiger partial charge in [0.15, 0.2) is 0 Å². The Labute approximate surface area is 162 Å². The van der Waals surface area contributed by atoms with Crippen LogP contribution in [-0.2, 0) is 11.2 Å². The Morgan fingerprint density at radius 3 is 2.71 bits per heavy atom. The van der Waals surface area contributed by atoms with Crippen molar-refractivity contribution >= 4 is 16.9 Å². The third kappa shape index (κ3) is 3.78. The number of imidazole rings is 1. The lowest BCUT2D eigenvalue weighted by Gasteiger charge is -2.05. The Morgan fingerprint density at radius 1 is 1.14 bits per heavy atom. The molecule has 0 unspecified atom stereocenters. The summed E-state index contributed by atoms with van der Waals surface area (Å²) in [4.78, 5) is 20.9. The zero-order chi connectivity index (χ0) is 19.5. The molecule has 7 heteroatoms. The molecule has 0 saturated heterocycles. The smallest absolute Gasteiger partial charge is 0.239 e. The SMILES string of the molecule is CC(C)c1ccc(-c2noc(CCC(=O)Nn3cnc4ccccc43)n2)cc1. The number of carbonyl (C=O) groups excluding carboxylic acids is 1. The Hall–Kier alpha value is -3.48. The van der Waals surface area contributed by atoms with Crippen molar-refractivity contribution in [3.8, 4) is 11.4 Å². The van der Waals surface area contributed by atoms with E-state index in [0.717, 1.165) is 16.6 Å². The molecule has 0 spiro atoms. The second-order valence-electron chi connectivity index (χ2n) is 6.93. The van der Waals surface area contributed by atoms with Crippen LogP contribution >= 0.6 is 0 Å². The van der Waals surface area contributed by atoms with E-state index in [-0.39, 0.29) is 12.3 Å². The van der Waals surface area contributed by atoms with Gasteiger partial charge in [0, 0.05) is 18.4 Å². The van der Waals surface area contributed by atoms with Gasteiger partial charge in [0.05, 0.1) is 11.0 Å². The maximum Gasteiger partial charge on any atom is 0.239 e. The standard InChI is InChI=1S/C21H21N5O2/c1-14(2)15-7-9-16(10-8-15)21-23-20(28-25-21)12-11-19(27)24-26-13-22-17-5-3-4-6-18(17)26/h3-10,13-14H,11-12H2,1-2H3,(H,24,27). The van der Waals surface area contributed by atoms with E-state index in [2.05, 4.69) is 46.5 Å². The number of benzene rings is 2. The highest BCUT2D eigenvalue weighted by Gasteiger charge is 2.12. The first-order valence-electron chi connectivity index (χ1n) is 9.25. The van der Waals surface area contributed by atoms with Crippen LogP contribution in [0, 0.1) is 0 Å². The molecule has 0 aliphatic carbocycles. The molecule has 0 aliphatic rings. The summed E-state index contributed by atoms with van der Waals surface area (Å²) in [5, 5.41) is 4.02. The maximum atomic E-state index is 12.3. The predicted octanol–water partition coefficient (Wildman–Crippen LogP) is 3.91. The van der Waals surface area contributed by atoms with E-state index in [0.29, 0.717) is 24.1 Å². The third-order valence-electron chi connectivity index (χ3n) is 4.57. The zero-order valence-corrected chi connectivity index (χ0v) is 15.8. The summed E-state index contributed by atoms with van der Waals surface area (Å²) in [5.41, 5.74) is 6.65. The van der Waals surface area contributed by atoms with Gasteiger partial charge in [0.2, 0.25) is 17.6 Å². The Bertz CT molecular complexity index is 1100. The number of hydrogen-bond donors (Lipinski definition) is 1. The van der Waals surface area contributed by atoms with E-state index in [1.54, 1.807) is 11.0 Å². The molecule has 1 amide bonds. The molecular weight excluding hydrogens is 354 g/mol. The number of rotatable bonds is 6. The van der Waals surface area contributed by atoms with Crippen molar-refractivity contribution in [2.24, 2.45) is 0 Å². The van der Waals surface area contributed by atoms with Crippen LogP contribution in [0.25, 0.3) is 22.4 Å². The molecular formula is C21H21N5O2. The summed E-state index contributed by atoms with van der Waals surface area (Å²) >= 11 is 0. The fourth-order valence-electron chi connectivity index (χ4n) is 2.95. The van der Waals surface area contributed by atoms with Crippen LogP contribution in [0.2, 0.25) is 0 Å². The molecule has 4 rings (SSSR count). The minimum Gasteiger partial charge on any atom is -0.339 e. The number of nitrogens with zero attached hydrogens (tertiary/aromatic N) is 4. The molecule has 0 fully saturated rings. The number of amides is 1. The molecule has 2 aromatic heterocycles. The number of aryl methyl sites for hydroxylation is 1. The van der Waals surface area contributed by atoms with Crippen LogP contribution in [-0.4, -0.2) is 25.7 Å². The van der Waals surface area contributed by atoms with Gasteiger partial charge in [-0.25, -0.2) is 9.66 Å². The third-order valence-corrected chi connectivity index (χ3v) is 4.57. The van der Waals surface area contributed by atoms with Crippen molar-refractivity contribution in [1.29, 1.82) is 0 Å². The predicted molar refractivity (Wildman–Crippen MR) is 106 cm³/mol. The normalized spacial score (nSPS) is 11.2. The zero-order valence-electron chi connectivity index (χ0n) is 15.8. The van der Waals surface area contributed by atoms with Gasteiger partial charge in [-0.15, -0.1) is 0 Å². The van der Waals surface area contributed by atoms with E-state index in [4.69, 9.17) is 4.52 Å². The van der Waals surface area contributed by atoms with Crippen molar-refractivity contribution in [1.82, 2.24) is 19.8 Å². The van der Waals surface area contributed by atoms with Gasteiger partial charge in [-0.05, 0) is 23.6 Å². The first kappa shape index (κ1) is 17.9. The Kier molecular flexibility index (Phi) is 4.89. The minimum atomic E-state index is -0.149. The van der Waals surface area contributed by atoms with Crippen LogP contribution in [0.15, 0.2) is 59.4 Å². The lowest BCUT2D eigenvalue weighted by Crippen LogP contribution is -2.22. The Morgan fingerprint density at radius 2 is 1.93 bits per heavy atom. The van der Waals surface area contributed by atoms with Gasteiger partial charge < -0.3 is 4.52 Å². The van der Waals surface area contributed by atoms with E-state index in [1.165, 1.54) is 5.56 Å². The quantitative estimate of drug-likeness (QED) is 0.552. The van der Waals surface area contributed by atoms with Gasteiger partial charge in [0.25, 0.3) is 0 Å². The lowest BCUT2D eigenvalue weighted by molar-refractivity contribution is -0.117. The minimum absolute atomic E-state index is 0.149. The summed E-state index contributed by atoms with van der Waals surface area (Å²) in [7, 11) is 0. The number of carbonyl (C=O) groups is 1. The monoisotopic (exact) mass is 375 g/mol. The van der Waals surface area contributed by atoms with Crippen molar-refractivity contribution < 1.29 is 9.32 Å². The van der Waals surface area contributed by atoms with Crippen LogP contribution < -0.4 is 5.43 Å². The summed E-state index contributed by atoms with van der Waals surface area (Å²) in [6, 6.07) is 15.7. The molecule has 7 nitrogen and oxygen atoms in total. The summed E-state index contributed by atoms with van der Waals surface area (Å²) in [5.74, 6) is 1.30. The number of fused-ring (bicyclic) bond motifs is 1. The van der Waals surface area contributed by atoms with E-state index in [9.17, 15) is 4.79 Å². The number of aromatic nitrogens is 4. The fraction of sp³-hybridized carbons (Fsp3) is 0.238. The molecule has 0 saturated carbocycles. The molecule has 4 aromatic rings. The average molecular weight is 375 g/mol.